The van der Waals surface area contributed by atoms with Crippen LogP contribution >= 0.6 is 23.2 Å². The molecule has 0 radical (unpaired) electrons. The minimum absolute atomic E-state index is 0.130. The van der Waals surface area contributed by atoms with Gasteiger partial charge in [0.05, 0.1) is 34.0 Å². The number of rotatable bonds is 5. The lowest BCUT2D eigenvalue weighted by atomic mass is 9.67. The van der Waals surface area contributed by atoms with E-state index in [1.807, 2.05) is 12.1 Å². The van der Waals surface area contributed by atoms with Gasteiger partial charge in [0.1, 0.15) is 17.9 Å². The van der Waals surface area contributed by atoms with Crippen LogP contribution in [0.15, 0.2) is 30.6 Å². The Labute approximate surface area is 183 Å². The molecule has 3 atom stereocenters. The Morgan fingerprint density at radius 2 is 1.93 bits per heavy atom. The number of nitrogens with one attached hydrogen (secondary N) is 3. The van der Waals surface area contributed by atoms with Crippen molar-refractivity contribution >= 4 is 51.3 Å². The van der Waals surface area contributed by atoms with Crippen LogP contribution in [0.3, 0.4) is 0 Å². The lowest BCUT2D eigenvalue weighted by molar-refractivity contribution is 0.109. The highest BCUT2D eigenvalue weighted by Gasteiger charge is 2.43. The maximum absolute atomic E-state index is 14.5. The van der Waals surface area contributed by atoms with Gasteiger partial charge >= 0.3 is 0 Å². The Balaban J connectivity index is 1.52. The number of halogens is 3. The molecule has 2 bridgehead atoms. The molecule has 30 heavy (non-hydrogen) atoms. The van der Waals surface area contributed by atoms with E-state index in [9.17, 15) is 4.39 Å². The van der Waals surface area contributed by atoms with Crippen molar-refractivity contribution in [2.75, 3.05) is 30.8 Å². The number of hydrogen-bond acceptors (Lipinski definition) is 6. The van der Waals surface area contributed by atoms with Crippen molar-refractivity contribution in [2.24, 2.45) is 11.8 Å². The molecule has 1 saturated heterocycles. The van der Waals surface area contributed by atoms with E-state index in [2.05, 4.69) is 25.9 Å². The fraction of sp³-hybridized carbons (Fsp3) is 0.333. The van der Waals surface area contributed by atoms with Gasteiger partial charge in [0, 0.05) is 17.5 Å². The Kier molecular flexibility index (Phi) is 5.05. The maximum atomic E-state index is 14.5. The van der Waals surface area contributed by atoms with Crippen LogP contribution in [0.4, 0.5) is 21.6 Å². The first-order valence-electron chi connectivity index (χ1n) is 9.75. The van der Waals surface area contributed by atoms with Crippen LogP contribution in [0.1, 0.15) is 6.42 Å². The van der Waals surface area contributed by atoms with Gasteiger partial charge in [-0.2, -0.15) is 0 Å². The quantitative estimate of drug-likeness (QED) is 0.485. The van der Waals surface area contributed by atoms with Crippen LogP contribution in [-0.2, 0) is 0 Å². The molecule has 1 aliphatic heterocycles. The van der Waals surface area contributed by atoms with E-state index in [1.165, 1.54) is 24.9 Å². The van der Waals surface area contributed by atoms with Crippen molar-refractivity contribution in [2.45, 2.75) is 12.5 Å². The average molecular weight is 448 g/mol. The number of piperidine rings is 2. The van der Waals surface area contributed by atoms with Gasteiger partial charge in [-0.25, -0.2) is 14.4 Å². The molecule has 156 valence electrons. The summed E-state index contributed by atoms with van der Waals surface area (Å²) in [5.74, 6) is 1.78. The summed E-state index contributed by atoms with van der Waals surface area (Å²) in [4.78, 5) is 8.67. The summed E-state index contributed by atoms with van der Waals surface area (Å²) < 4.78 is 20.1. The van der Waals surface area contributed by atoms with E-state index in [1.54, 1.807) is 7.11 Å². The molecule has 2 aliphatic rings. The van der Waals surface area contributed by atoms with Crippen LogP contribution in [0.5, 0.6) is 5.75 Å². The highest BCUT2D eigenvalue weighted by Crippen LogP contribution is 2.42. The smallest absolute Gasteiger partial charge is 0.166 e. The molecule has 0 spiro atoms. The van der Waals surface area contributed by atoms with Crippen LogP contribution < -0.4 is 20.7 Å². The number of nitrogens with zero attached hydrogens (tertiary/aromatic N) is 2. The Hall–Kier alpha value is -2.35. The van der Waals surface area contributed by atoms with Gasteiger partial charge in [-0.15, -0.1) is 0 Å². The SMILES string of the molecule is COc1cc2ncnc(Nc3ccc(Cl)c(Cl)c3F)c2cc1N[C@@H]1[C@@H]2CNC[C@H]1C2. The van der Waals surface area contributed by atoms with E-state index in [4.69, 9.17) is 27.9 Å². The fourth-order valence-corrected chi connectivity index (χ4v) is 4.69. The topological polar surface area (TPSA) is 71.1 Å². The summed E-state index contributed by atoms with van der Waals surface area (Å²) in [5, 5.41) is 10.9. The zero-order valence-corrected chi connectivity index (χ0v) is 17.7. The zero-order chi connectivity index (χ0) is 20.8. The lowest BCUT2D eigenvalue weighted by Crippen LogP contribution is -2.59. The maximum Gasteiger partial charge on any atom is 0.166 e. The van der Waals surface area contributed by atoms with Crippen LogP contribution in [0.2, 0.25) is 10.0 Å². The molecule has 3 N–H and O–H groups in total. The second-order valence-corrected chi connectivity index (χ2v) is 8.51. The highest BCUT2D eigenvalue weighted by molar-refractivity contribution is 6.42. The molecule has 5 rings (SSSR count). The molecule has 2 aromatic carbocycles. The van der Waals surface area contributed by atoms with Gasteiger partial charge in [-0.1, -0.05) is 23.2 Å². The van der Waals surface area contributed by atoms with E-state index in [-0.39, 0.29) is 15.7 Å². The summed E-state index contributed by atoms with van der Waals surface area (Å²) in [6, 6.07) is 7.29. The molecule has 1 saturated carbocycles. The number of hydrogen-bond donors (Lipinski definition) is 3. The number of methoxy groups -OCH3 is 1. The molecule has 3 aromatic rings. The normalized spacial score (nSPS) is 22.5. The average Bonchev–Trinajstić information content (AvgIpc) is 2.77. The van der Waals surface area contributed by atoms with E-state index in [0.717, 1.165) is 24.2 Å². The molecule has 0 amide bonds. The van der Waals surface area contributed by atoms with Crippen molar-refractivity contribution in [1.82, 2.24) is 15.3 Å². The number of fused-ring (bicyclic) bond motifs is 3. The van der Waals surface area contributed by atoms with Gasteiger partial charge in [0.15, 0.2) is 5.82 Å². The fourth-order valence-electron chi connectivity index (χ4n) is 4.38. The van der Waals surface area contributed by atoms with E-state index in [0.29, 0.717) is 35.0 Å². The summed E-state index contributed by atoms with van der Waals surface area (Å²) in [6.45, 7) is 2.05. The van der Waals surface area contributed by atoms with Crippen molar-refractivity contribution in [3.63, 3.8) is 0 Å². The minimum atomic E-state index is -0.627. The third kappa shape index (κ3) is 3.31. The summed E-state index contributed by atoms with van der Waals surface area (Å²) in [6.07, 6.45) is 2.67. The van der Waals surface area contributed by atoms with Crippen LogP contribution in [0.25, 0.3) is 10.9 Å². The summed E-state index contributed by atoms with van der Waals surface area (Å²) in [5.41, 5.74) is 1.75. The molecule has 6 nitrogen and oxygen atoms in total. The first-order valence-corrected chi connectivity index (χ1v) is 10.5. The molecule has 1 aromatic heterocycles. The van der Waals surface area contributed by atoms with Crippen molar-refractivity contribution in [3.05, 3.63) is 46.5 Å². The minimum Gasteiger partial charge on any atom is -0.495 e. The molecule has 9 heteroatoms. The first-order chi connectivity index (χ1) is 14.5. The first kappa shape index (κ1) is 19.6. The third-order valence-corrected chi connectivity index (χ3v) is 6.78. The number of anilines is 3. The highest BCUT2D eigenvalue weighted by atomic mass is 35.5. The second kappa shape index (κ2) is 7.72. The molecular formula is C21H20Cl2FN5O. The summed E-state index contributed by atoms with van der Waals surface area (Å²) in [7, 11) is 1.64. The third-order valence-electron chi connectivity index (χ3n) is 6.00. The van der Waals surface area contributed by atoms with Gasteiger partial charge < -0.3 is 20.7 Å². The van der Waals surface area contributed by atoms with Crippen LogP contribution in [-0.4, -0.2) is 36.2 Å². The molecule has 1 aliphatic carbocycles. The zero-order valence-electron chi connectivity index (χ0n) is 16.2. The lowest BCUT2D eigenvalue weighted by Gasteiger charge is -2.50. The number of aromatic nitrogens is 2. The molecular weight excluding hydrogens is 428 g/mol. The van der Waals surface area contributed by atoms with Crippen molar-refractivity contribution in [1.29, 1.82) is 0 Å². The molecule has 0 unspecified atom stereocenters. The van der Waals surface area contributed by atoms with Crippen molar-refractivity contribution < 1.29 is 9.13 Å². The Morgan fingerprint density at radius 3 is 2.67 bits per heavy atom. The second-order valence-electron chi connectivity index (χ2n) is 7.72. The van der Waals surface area contributed by atoms with Gasteiger partial charge in [-0.3, -0.25) is 0 Å². The molecule has 2 fully saturated rings. The van der Waals surface area contributed by atoms with Gasteiger partial charge in [0.2, 0.25) is 0 Å². The number of ether oxygens (including phenoxy) is 1. The summed E-state index contributed by atoms with van der Waals surface area (Å²) >= 11 is 11.8. The number of benzene rings is 2. The van der Waals surface area contributed by atoms with Crippen LogP contribution in [0, 0.1) is 17.7 Å². The van der Waals surface area contributed by atoms with Gasteiger partial charge in [-0.05, 0) is 49.5 Å². The predicted molar refractivity (Wildman–Crippen MR) is 118 cm³/mol. The van der Waals surface area contributed by atoms with Gasteiger partial charge in [0.25, 0.3) is 0 Å². The monoisotopic (exact) mass is 447 g/mol. The van der Waals surface area contributed by atoms with E-state index >= 15 is 0 Å². The Bertz CT molecular complexity index is 1110. The van der Waals surface area contributed by atoms with Crippen molar-refractivity contribution in [3.8, 4) is 5.75 Å². The standard InChI is InChI=1S/C21H20Cl2FN5O/c1-30-17-6-15-12(5-16(17)28-20-10-4-11(20)8-25-7-10)21(27-9-26-15)29-14-3-2-13(22)18(23)19(14)24/h2-3,5-6,9-11,20,25,28H,4,7-8H2,1H3,(H,26,27,29)/t10-,11+,20+. The predicted octanol–water partition coefficient (Wildman–Crippen LogP) is 4.85. The molecule has 2 heterocycles. The Morgan fingerprint density at radius 1 is 1.13 bits per heavy atom. The largest absolute Gasteiger partial charge is 0.495 e. The van der Waals surface area contributed by atoms with E-state index < -0.39 is 5.82 Å².